The quantitative estimate of drug-likeness (QED) is 0.469. The molecule has 0 aliphatic carbocycles. The van der Waals surface area contributed by atoms with Crippen LogP contribution in [0, 0.1) is 13.8 Å². The third kappa shape index (κ3) is 6.12. The van der Waals surface area contributed by atoms with Gasteiger partial charge in [0.05, 0.1) is 23.7 Å². The van der Waals surface area contributed by atoms with Crippen molar-refractivity contribution < 1.29 is 18.3 Å². The molecule has 0 atom stereocenters. The molecule has 0 aromatic heterocycles. The van der Waals surface area contributed by atoms with Gasteiger partial charge in [0.1, 0.15) is 0 Å². The van der Waals surface area contributed by atoms with Crippen molar-refractivity contribution >= 4 is 27.7 Å². The minimum atomic E-state index is -3.91. The summed E-state index contributed by atoms with van der Waals surface area (Å²) in [5, 5.41) is 9.63. The Balaban J connectivity index is 1.86. The van der Waals surface area contributed by atoms with E-state index < -0.39 is 10.0 Å². The minimum absolute atomic E-state index is 0.0990. The van der Waals surface area contributed by atoms with E-state index in [1.807, 2.05) is 38.1 Å². The molecule has 3 rings (SSSR count). The van der Waals surface area contributed by atoms with Gasteiger partial charge >= 0.3 is 0 Å². The number of aryl methyl sites for hydroxylation is 2. The Labute approximate surface area is 201 Å². The monoisotopic (exact) mass is 478 g/mol. The molecule has 0 saturated carbocycles. The number of benzene rings is 3. The van der Waals surface area contributed by atoms with Crippen molar-refractivity contribution in [3.05, 3.63) is 101 Å². The Morgan fingerprint density at radius 3 is 2.12 bits per heavy atom. The van der Waals surface area contributed by atoms with Gasteiger partial charge in [-0.25, -0.2) is 8.42 Å². The van der Waals surface area contributed by atoms with Crippen LogP contribution in [0.25, 0.3) is 6.08 Å². The van der Waals surface area contributed by atoms with Crippen LogP contribution in [0.1, 0.15) is 22.3 Å². The van der Waals surface area contributed by atoms with Crippen LogP contribution in [-0.4, -0.2) is 44.5 Å². The molecule has 1 amide bonds. The lowest BCUT2D eigenvalue weighted by atomic mass is 10.1. The maximum atomic E-state index is 13.4. The summed E-state index contributed by atoms with van der Waals surface area (Å²) in [7, 11) is -2.24. The molecular formula is C27H30N2O4S. The van der Waals surface area contributed by atoms with Gasteiger partial charge < -0.3 is 10.0 Å². The van der Waals surface area contributed by atoms with Gasteiger partial charge in [0, 0.05) is 19.7 Å². The van der Waals surface area contributed by atoms with Crippen molar-refractivity contribution in [1.29, 1.82) is 0 Å². The van der Waals surface area contributed by atoms with Crippen LogP contribution >= 0.6 is 0 Å². The highest BCUT2D eigenvalue weighted by Crippen LogP contribution is 2.28. The normalized spacial score (nSPS) is 11.5. The van der Waals surface area contributed by atoms with E-state index in [9.17, 15) is 18.3 Å². The standard InChI is InChI=1S/C27H30N2O4S/c1-21-8-12-23(13-9-21)14-17-27(31)28(3)20-24-6-4-5-7-26(24)29(18-19-30)34(32,33)25-15-10-22(2)11-16-25/h4-17,30H,18-20H2,1-3H3/b17-14+. The second kappa shape index (κ2) is 11.1. The van der Waals surface area contributed by atoms with E-state index in [1.54, 1.807) is 61.7 Å². The van der Waals surface area contributed by atoms with Gasteiger partial charge in [-0.05, 0) is 49.2 Å². The predicted octanol–water partition coefficient (Wildman–Crippen LogP) is 4.16. The molecule has 3 aromatic rings. The molecule has 178 valence electrons. The van der Waals surface area contributed by atoms with Gasteiger partial charge in [0.25, 0.3) is 10.0 Å². The fourth-order valence-corrected chi connectivity index (χ4v) is 4.99. The van der Waals surface area contributed by atoms with Gasteiger partial charge in [-0.1, -0.05) is 65.7 Å². The SMILES string of the molecule is Cc1ccc(/C=C/C(=O)N(C)Cc2ccccc2N(CCO)S(=O)(=O)c2ccc(C)cc2)cc1. The third-order valence-electron chi connectivity index (χ3n) is 5.45. The van der Waals surface area contributed by atoms with Gasteiger partial charge in [-0.3, -0.25) is 9.10 Å². The predicted molar refractivity (Wildman–Crippen MR) is 136 cm³/mol. The van der Waals surface area contributed by atoms with E-state index in [2.05, 4.69) is 0 Å². The third-order valence-corrected chi connectivity index (χ3v) is 7.28. The Kier molecular flexibility index (Phi) is 8.26. The van der Waals surface area contributed by atoms with Crippen LogP contribution in [-0.2, 0) is 21.4 Å². The number of aliphatic hydroxyl groups excluding tert-OH is 1. The second-order valence-electron chi connectivity index (χ2n) is 8.18. The molecule has 7 heteroatoms. The number of carbonyl (C=O) groups excluding carboxylic acids is 1. The fourth-order valence-electron chi connectivity index (χ4n) is 3.49. The first kappa shape index (κ1) is 25.2. The molecule has 0 aliphatic rings. The summed E-state index contributed by atoms with van der Waals surface area (Å²) in [5.74, 6) is -0.203. The highest BCUT2D eigenvalue weighted by atomic mass is 32.2. The Morgan fingerprint density at radius 2 is 1.50 bits per heavy atom. The number of amides is 1. The molecule has 0 bridgehead atoms. The first-order chi connectivity index (χ1) is 16.2. The van der Waals surface area contributed by atoms with Crippen molar-refractivity contribution in [2.45, 2.75) is 25.3 Å². The lowest BCUT2D eigenvalue weighted by molar-refractivity contribution is -0.125. The highest BCUT2D eigenvalue weighted by molar-refractivity contribution is 7.92. The average molecular weight is 479 g/mol. The molecule has 0 spiro atoms. The van der Waals surface area contributed by atoms with E-state index in [4.69, 9.17) is 0 Å². The summed E-state index contributed by atoms with van der Waals surface area (Å²) in [4.78, 5) is 14.4. The zero-order chi connectivity index (χ0) is 24.7. The molecule has 0 heterocycles. The fraction of sp³-hybridized carbons (Fsp3) is 0.222. The number of hydrogen-bond donors (Lipinski definition) is 1. The summed E-state index contributed by atoms with van der Waals surface area (Å²) < 4.78 is 28.0. The van der Waals surface area contributed by atoms with Crippen molar-refractivity contribution in [3.8, 4) is 0 Å². The number of aliphatic hydroxyl groups is 1. The number of nitrogens with zero attached hydrogens (tertiary/aromatic N) is 2. The number of carbonyl (C=O) groups is 1. The molecule has 3 aromatic carbocycles. The van der Waals surface area contributed by atoms with Crippen LogP contribution in [0.5, 0.6) is 0 Å². The Morgan fingerprint density at radius 1 is 0.912 bits per heavy atom. The van der Waals surface area contributed by atoms with E-state index in [1.165, 1.54) is 15.3 Å². The number of rotatable bonds is 9. The molecule has 0 aliphatic heterocycles. The first-order valence-corrected chi connectivity index (χ1v) is 12.4. The maximum absolute atomic E-state index is 13.4. The van der Waals surface area contributed by atoms with Crippen molar-refractivity contribution in [2.24, 2.45) is 0 Å². The van der Waals surface area contributed by atoms with Crippen molar-refractivity contribution in [2.75, 3.05) is 24.5 Å². The lowest BCUT2D eigenvalue weighted by Crippen LogP contribution is -2.35. The average Bonchev–Trinajstić information content (AvgIpc) is 2.82. The van der Waals surface area contributed by atoms with Crippen LogP contribution in [0.3, 0.4) is 0 Å². The van der Waals surface area contributed by atoms with Crippen molar-refractivity contribution in [1.82, 2.24) is 4.90 Å². The molecule has 0 fully saturated rings. The molecule has 0 unspecified atom stereocenters. The molecule has 0 saturated heterocycles. The number of likely N-dealkylation sites (N-methyl/N-ethyl adjacent to an activating group) is 1. The second-order valence-corrected chi connectivity index (χ2v) is 10.0. The Bertz CT molecular complexity index is 1250. The molecular weight excluding hydrogens is 448 g/mol. The number of para-hydroxylation sites is 1. The zero-order valence-electron chi connectivity index (χ0n) is 19.7. The smallest absolute Gasteiger partial charge is 0.264 e. The van der Waals surface area contributed by atoms with Crippen molar-refractivity contribution in [3.63, 3.8) is 0 Å². The molecule has 1 N–H and O–H groups in total. The molecule has 6 nitrogen and oxygen atoms in total. The van der Waals surface area contributed by atoms with Crippen LogP contribution in [0.2, 0.25) is 0 Å². The Hall–Kier alpha value is -3.42. The lowest BCUT2D eigenvalue weighted by Gasteiger charge is -2.27. The maximum Gasteiger partial charge on any atom is 0.264 e. The largest absolute Gasteiger partial charge is 0.394 e. The summed E-state index contributed by atoms with van der Waals surface area (Å²) in [5.41, 5.74) is 4.11. The summed E-state index contributed by atoms with van der Waals surface area (Å²) in [6, 6.07) is 21.5. The van der Waals surface area contributed by atoms with Gasteiger partial charge in [0.2, 0.25) is 5.91 Å². The zero-order valence-corrected chi connectivity index (χ0v) is 20.5. The summed E-state index contributed by atoms with van der Waals surface area (Å²) >= 11 is 0. The van der Waals surface area contributed by atoms with Gasteiger partial charge in [-0.2, -0.15) is 0 Å². The minimum Gasteiger partial charge on any atom is -0.394 e. The van der Waals surface area contributed by atoms with Gasteiger partial charge in [0.15, 0.2) is 0 Å². The highest BCUT2D eigenvalue weighted by Gasteiger charge is 2.26. The summed E-state index contributed by atoms with van der Waals surface area (Å²) in [6.45, 7) is 3.66. The number of sulfonamides is 1. The topological polar surface area (TPSA) is 77.9 Å². The van der Waals surface area contributed by atoms with Crippen LogP contribution < -0.4 is 4.31 Å². The number of hydrogen-bond acceptors (Lipinski definition) is 4. The van der Waals surface area contributed by atoms with Gasteiger partial charge in [-0.15, -0.1) is 0 Å². The van der Waals surface area contributed by atoms with E-state index >= 15 is 0 Å². The number of anilines is 1. The first-order valence-electron chi connectivity index (χ1n) is 11.0. The molecule has 0 radical (unpaired) electrons. The van der Waals surface area contributed by atoms with E-state index in [0.717, 1.165) is 16.7 Å². The summed E-state index contributed by atoms with van der Waals surface area (Å²) in [6.07, 6.45) is 3.26. The van der Waals surface area contributed by atoms with E-state index in [-0.39, 0.29) is 30.5 Å². The molecule has 34 heavy (non-hydrogen) atoms. The van der Waals surface area contributed by atoms with Crippen LogP contribution in [0.4, 0.5) is 5.69 Å². The van der Waals surface area contributed by atoms with Crippen LogP contribution in [0.15, 0.2) is 83.8 Å². The van der Waals surface area contributed by atoms with E-state index in [0.29, 0.717) is 11.3 Å².